The van der Waals surface area contributed by atoms with Gasteiger partial charge < -0.3 is 25.7 Å². The number of Topliss-reactive ketones (excluding diaryl/α,β-unsaturated/α-hetero) is 3. The van der Waals surface area contributed by atoms with Crippen LogP contribution in [0, 0.1) is 24.8 Å². The fraction of sp³-hybridized carbons (Fsp3) is 0.440. The monoisotopic (exact) mass is 606 g/mol. The summed E-state index contributed by atoms with van der Waals surface area (Å²) in [6.45, 7) is 2.71. The summed E-state index contributed by atoms with van der Waals surface area (Å²) in [7, 11) is 3.14. The number of aromatic hydroxyl groups is 1. The summed E-state index contributed by atoms with van der Waals surface area (Å²) < 4.78 is 0. The molecule has 3 aliphatic rings. The van der Waals surface area contributed by atoms with Crippen molar-refractivity contribution in [3.05, 3.63) is 39.7 Å². The van der Waals surface area contributed by atoms with Crippen LogP contribution in [-0.2, 0) is 58.3 Å². The fourth-order valence-corrected chi connectivity index (χ4v) is 5.85. The van der Waals surface area contributed by atoms with Crippen molar-refractivity contribution in [2.45, 2.75) is 38.3 Å². The summed E-state index contributed by atoms with van der Waals surface area (Å²) in [4.78, 5) is 52.5. The topological polar surface area (TPSA) is 164 Å². The van der Waals surface area contributed by atoms with Crippen molar-refractivity contribution in [2.75, 3.05) is 25.3 Å². The molecule has 0 saturated heterocycles. The van der Waals surface area contributed by atoms with Crippen molar-refractivity contribution in [1.29, 1.82) is 0 Å². The van der Waals surface area contributed by atoms with E-state index in [-0.39, 0.29) is 68.3 Å². The van der Waals surface area contributed by atoms with Crippen molar-refractivity contribution in [3.63, 3.8) is 0 Å². The SMILES string of the molecule is CC(=O)C1=C(O)[C@@]2(O)C(=O)C3=C(O)c4c(O)c(NC(=O)CCl)[c-]c(C)c4C[C@H]3C[C@H]2[C@H](N(C)C)C1=O.[Y]. The van der Waals surface area contributed by atoms with E-state index in [1.807, 2.05) is 0 Å². The number of anilines is 1. The van der Waals surface area contributed by atoms with Gasteiger partial charge in [0.15, 0.2) is 17.2 Å². The summed E-state index contributed by atoms with van der Waals surface area (Å²) in [6.07, 6.45) is 0.181. The molecule has 1 saturated carbocycles. The summed E-state index contributed by atoms with van der Waals surface area (Å²) >= 11 is 5.53. The number of carbonyl (C=O) groups excluding carboxylic acids is 4. The third-order valence-electron chi connectivity index (χ3n) is 7.35. The van der Waals surface area contributed by atoms with E-state index in [0.29, 0.717) is 11.1 Å². The van der Waals surface area contributed by atoms with Gasteiger partial charge in [0.05, 0.1) is 6.04 Å². The Balaban J connectivity index is 0.00000380. The minimum Gasteiger partial charge on any atom is -0.563 e. The number of aliphatic hydroxyl groups excluding tert-OH is 2. The number of aryl methyl sites for hydroxylation is 1. The maximum atomic E-state index is 13.8. The molecule has 1 aromatic carbocycles. The van der Waals surface area contributed by atoms with Gasteiger partial charge >= 0.3 is 0 Å². The fourth-order valence-electron chi connectivity index (χ4n) is 5.79. The molecule has 37 heavy (non-hydrogen) atoms. The third-order valence-corrected chi connectivity index (χ3v) is 7.59. The average Bonchev–Trinajstić information content (AvgIpc) is 2.79. The number of benzene rings is 1. The van der Waals surface area contributed by atoms with Crippen molar-refractivity contribution in [1.82, 2.24) is 4.90 Å². The molecule has 4 atom stereocenters. The summed E-state index contributed by atoms with van der Waals surface area (Å²) in [5.41, 5.74) is -2.80. The number of carbonyl (C=O) groups is 4. The number of hydrogen-bond acceptors (Lipinski definition) is 9. The van der Waals surface area contributed by atoms with Gasteiger partial charge in [0.1, 0.15) is 23.0 Å². The number of alkyl halides is 1. The van der Waals surface area contributed by atoms with Crippen LogP contribution in [0.15, 0.2) is 16.9 Å². The number of likely N-dealkylation sites (N-methyl/N-ethyl adjacent to an activating group) is 1. The van der Waals surface area contributed by atoms with Gasteiger partial charge in [0.25, 0.3) is 0 Å². The molecule has 10 nitrogen and oxygen atoms in total. The van der Waals surface area contributed by atoms with Crippen molar-refractivity contribution in [3.8, 4) is 5.75 Å². The number of phenols is 1. The second-order valence-corrected chi connectivity index (χ2v) is 9.93. The van der Waals surface area contributed by atoms with Crippen LogP contribution in [0.3, 0.4) is 0 Å². The average molecular weight is 607 g/mol. The summed E-state index contributed by atoms with van der Waals surface area (Å²) in [5, 5.41) is 47.0. The quantitative estimate of drug-likeness (QED) is 0.147. The Hall–Kier alpha value is -2.11. The first-order valence-corrected chi connectivity index (χ1v) is 11.8. The molecule has 195 valence electrons. The van der Waals surface area contributed by atoms with Gasteiger partial charge in [-0.05, 0) is 44.6 Å². The van der Waals surface area contributed by atoms with Gasteiger partial charge in [-0.2, -0.15) is 11.6 Å². The van der Waals surface area contributed by atoms with E-state index in [0.717, 1.165) is 6.92 Å². The number of ketones is 3. The first-order valence-electron chi connectivity index (χ1n) is 11.3. The van der Waals surface area contributed by atoms with Crippen molar-refractivity contribution in [2.24, 2.45) is 11.8 Å². The van der Waals surface area contributed by atoms with Gasteiger partial charge in [-0.3, -0.25) is 24.1 Å². The molecule has 1 aromatic rings. The van der Waals surface area contributed by atoms with Crippen molar-refractivity contribution >= 4 is 46.3 Å². The molecule has 3 aliphatic carbocycles. The minimum absolute atomic E-state index is 0. The Kier molecular flexibility index (Phi) is 8.14. The molecule has 4 rings (SSSR count). The van der Waals surface area contributed by atoms with Gasteiger partial charge in [-0.15, -0.1) is 17.2 Å². The van der Waals surface area contributed by atoms with Crippen LogP contribution in [0.2, 0.25) is 0 Å². The maximum Gasteiger partial charge on any atom is 0.237 e. The molecule has 1 radical (unpaired) electrons. The smallest absolute Gasteiger partial charge is 0.237 e. The Morgan fingerprint density at radius 3 is 2.38 bits per heavy atom. The van der Waals surface area contributed by atoms with Crippen LogP contribution in [0.25, 0.3) is 5.76 Å². The number of halogens is 1. The van der Waals surface area contributed by atoms with E-state index < -0.39 is 69.6 Å². The maximum absolute atomic E-state index is 13.8. The molecule has 12 heteroatoms. The second-order valence-electron chi connectivity index (χ2n) is 9.66. The van der Waals surface area contributed by atoms with E-state index in [9.17, 15) is 39.6 Å². The van der Waals surface area contributed by atoms with Crippen molar-refractivity contribution < 1.29 is 72.3 Å². The first-order chi connectivity index (χ1) is 16.8. The summed E-state index contributed by atoms with van der Waals surface area (Å²) in [6, 6.07) is 1.79. The normalized spacial score (nSPS) is 26.8. The van der Waals surface area contributed by atoms with Crippen LogP contribution in [0.4, 0.5) is 5.69 Å². The Labute approximate surface area is 243 Å². The molecule has 0 aliphatic heterocycles. The van der Waals surface area contributed by atoms with E-state index in [1.165, 1.54) is 4.90 Å². The molecule has 0 unspecified atom stereocenters. The Morgan fingerprint density at radius 2 is 1.84 bits per heavy atom. The number of fused-ring (bicyclic) bond motifs is 3. The van der Waals surface area contributed by atoms with Crippen LogP contribution >= 0.6 is 11.6 Å². The van der Waals surface area contributed by atoms with Crippen LogP contribution in [-0.4, -0.2) is 80.2 Å². The molecular weight excluding hydrogens is 581 g/mol. The molecule has 0 aromatic heterocycles. The van der Waals surface area contributed by atoms with Gasteiger partial charge in [-0.25, -0.2) is 0 Å². The number of aliphatic hydroxyl groups is 3. The molecule has 0 spiro atoms. The number of phenolic OH excluding ortho intramolecular Hbond substituents is 1. The van der Waals surface area contributed by atoms with Crippen LogP contribution < -0.4 is 5.32 Å². The molecule has 1 fully saturated rings. The predicted octanol–water partition coefficient (Wildman–Crippen LogP) is 1.35. The first kappa shape index (κ1) is 29.4. The molecule has 1 amide bonds. The van der Waals surface area contributed by atoms with E-state index in [1.54, 1.807) is 21.0 Å². The summed E-state index contributed by atoms with van der Waals surface area (Å²) in [5.74, 6) is -7.51. The largest absolute Gasteiger partial charge is 0.563 e. The molecule has 0 heterocycles. The van der Waals surface area contributed by atoms with Crippen LogP contribution in [0.1, 0.15) is 30.0 Å². The van der Waals surface area contributed by atoms with Gasteiger partial charge in [0, 0.05) is 49.9 Å². The number of nitrogens with zero attached hydrogens (tertiary/aromatic N) is 1. The minimum atomic E-state index is -2.64. The second kappa shape index (κ2) is 10.2. The predicted molar refractivity (Wildman–Crippen MR) is 129 cm³/mol. The third kappa shape index (κ3) is 4.27. The van der Waals surface area contributed by atoms with Crippen LogP contribution in [0.5, 0.6) is 5.75 Å². The Bertz CT molecular complexity index is 1300. The Morgan fingerprint density at radius 1 is 1.22 bits per heavy atom. The van der Waals surface area contributed by atoms with Gasteiger partial charge in [-0.1, -0.05) is 13.3 Å². The van der Waals surface area contributed by atoms with E-state index in [4.69, 9.17) is 11.6 Å². The number of amides is 1. The zero-order valence-corrected chi connectivity index (χ0v) is 24.3. The standard InChI is InChI=1S/C25H26ClN2O8.Y/c1-9-5-14(27-15(30)8-26)20(31)18-12(9)6-11-7-13-19(28(3)4)22(33)16(10(2)29)23(34)25(13,36)24(35)17(11)21(18)32;/h11,13,19,31-32,34,36H,6-8H2,1-4H3,(H,27,30);/q-1;/t11-,13-,19-,25+;/m0./s1. The van der Waals surface area contributed by atoms with Gasteiger partial charge in [0.2, 0.25) is 11.7 Å². The zero-order chi connectivity index (χ0) is 26.9. The van der Waals surface area contributed by atoms with E-state index >= 15 is 0 Å². The van der Waals surface area contributed by atoms with E-state index in [2.05, 4.69) is 11.4 Å². The molecule has 0 bridgehead atoms. The zero-order valence-electron chi connectivity index (χ0n) is 20.7. The number of hydrogen-bond donors (Lipinski definition) is 5. The number of rotatable bonds is 4. The molecule has 5 N–H and O–H groups in total. The molecular formula is C25H26ClN2O8Y-. The number of nitrogens with one attached hydrogen (secondary N) is 1.